The molecule has 0 aliphatic heterocycles. The molecule has 1 saturated carbocycles. The molecule has 0 heterocycles. The van der Waals surface area contributed by atoms with Gasteiger partial charge in [-0.15, -0.1) is 0 Å². The van der Waals surface area contributed by atoms with E-state index in [2.05, 4.69) is 4.99 Å². The van der Waals surface area contributed by atoms with Gasteiger partial charge in [0.05, 0.1) is 24.3 Å². The summed E-state index contributed by atoms with van der Waals surface area (Å²) in [6, 6.07) is 3.25. The lowest BCUT2D eigenvalue weighted by Gasteiger charge is -2.09. The van der Waals surface area contributed by atoms with Crippen LogP contribution in [-0.2, 0) is 0 Å². The second-order valence-corrected chi connectivity index (χ2v) is 4.00. The Morgan fingerprint density at radius 2 is 2.29 bits per heavy atom. The van der Waals surface area contributed by atoms with E-state index in [1.165, 1.54) is 19.2 Å². The zero-order valence-electron chi connectivity index (χ0n) is 9.51. The van der Waals surface area contributed by atoms with Crippen molar-refractivity contribution in [2.45, 2.75) is 18.9 Å². The number of carboxylic acids is 1. The summed E-state index contributed by atoms with van der Waals surface area (Å²) in [7, 11) is 1.48. The first-order valence-corrected chi connectivity index (χ1v) is 5.36. The molecule has 0 unspecified atom stereocenters. The molecule has 0 amide bonds. The number of hydrogen-bond donors (Lipinski definition) is 2. The Morgan fingerprint density at radius 3 is 2.82 bits per heavy atom. The number of anilines is 1. The molecule has 5 heteroatoms. The molecule has 0 spiro atoms. The van der Waals surface area contributed by atoms with Gasteiger partial charge in [0.1, 0.15) is 5.75 Å². The summed E-state index contributed by atoms with van der Waals surface area (Å²) in [4.78, 5) is 15.2. The van der Waals surface area contributed by atoms with Crippen LogP contribution in [0, 0.1) is 0 Å². The third-order valence-corrected chi connectivity index (χ3v) is 2.60. The molecule has 1 aromatic rings. The minimum absolute atomic E-state index is 0.114. The Balaban J connectivity index is 2.38. The number of hydrogen-bond acceptors (Lipinski definition) is 4. The summed E-state index contributed by atoms with van der Waals surface area (Å²) in [5, 5.41) is 8.90. The number of nitrogens with zero attached hydrogens (tertiary/aromatic N) is 1. The van der Waals surface area contributed by atoms with Crippen molar-refractivity contribution in [2.75, 3.05) is 12.8 Å². The number of nitrogen functional groups attached to an aromatic ring is 1. The average molecular weight is 234 g/mol. The molecule has 0 saturated heterocycles. The lowest BCUT2D eigenvalue weighted by atomic mass is 10.1. The third kappa shape index (κ3) is 2.55. The maximum absolute atomic E-state index is 10.9. The number of nitrogens with two attached hydrogens (primary N) is 1. The van der Waals surface area contributed by atoms with Crippen LogP contribution < -0.4 is 10.5 Å². The van der Waals surface area contributed by atoms with Crippen molar-refractivity contribution in [3.05, 3.63) is 23.3 Å². The van der Waals surface area contributed by atoms with Crippen LogP contribution in [0.3, 0.4) is 0 Å². The van der Waals surface area contributed by atoms with Gasteiger partial charge in [-0.05, 0) is 25.0 Å². The Bertz CT molecular complexity index is 479. The number of benzene rings is 1. The Labute approximate surface area is 98.9 Å². The van der Waals surface area contributed by atoms with Gasteiger partial charge in [-0.25, -0.2) is 4.79 Å². The van der Waals surface area contributed by atoms with Crippen LogP contribution in [0.25, 0.3) is 0 Å². The van der Waals surface area contributed by atoms with Crippen LogP contribution in [0.15, 0.2) is 17.1 Å². The third-order valence-electron chi connectivity index (χ3n) is 2.60. The fraction of sp³-hybridized carbons (Fsp3) is 0.333. The topological polar surface area (TPSA) is 84.9 Å². The molecule has 5 nitrogen and oxygen atoms in total. The van der Waals surface area contributed by atoms with Gasteiger partial charge in [0.25, 0.3) is 0 Å². The minimum atomic E-state index is -1.03. The van der Waals surface area contributed by atoms with Gasteiger partial charge in [0.15, 0.2) is 0 Å². The van der Waals surface area contributed by atoms with Gasteiger partial charge >= 0.3 is 5.97 Å². The van der Waals surface area contributed by atoms with Crippen molar-refractivity contribution in [3.63, 3.8) is 0 Å². The molecule has 1 aliphatic rings. The van der Waals surface area contributed by atoms with Crippen molar-refractivity contribution in [1.82, 2.24) is 0 Å². The predicted octanol–water partition coefficient (Wildman–Crippen LogP) is 1.56. The van der Waals surface area contributed by atoms with E-state index in [4.69, 9.17) is 15.6 Å². The van der Waals surface area contributed by atoms with Crippen LogP contribution in [0.5, 0.6) is 5.75 Å². The normalized spacial score (nSPS) is 15.1. The van der Waals surface area contributed by atoms with E-state index < -0.39 is 5.97 Å². The first-order valence-electron chi connectivity index (χ1n) is 5.36. The number of aliphatic imine (C=N–C) groups is 1. The largest absolute Gasteiger partial charge is 0.496 e. The van der Waals surface area contributed by atoms with Crippen LogP contribution in [-0.4, -0.2) is 30.4 Å². The monoisotopic (exact) mass is 234 g/mol. The predicted molar refractivity (Wildman–Crippen MR) is 65.0 cm³/mol. The molecule has 0 aromatic heterocycles. The number of methoxy groups -OCH3 is 1. The number of rotatable bonds is 4. The summed E-state index contributed by atoms with van der Waals surface area (Å²) in [5.41, 5.74) is 6.93. The quantitative estimate of drug-likeness (QED) is 0.611. The zero-order valence-corrected chi connectivity index (χ0v) is 9.51. The first kappa shape index (κ1) is 11.4. The van der Waals surface area contributed by atoms with E-state index in [-0.39, 0.29) is 5.56 Å². The molecular formula is C12H14N2O3. The van der Waals surface area contributed by atoms with Crippen molar-refractivity contribution in [1.29, 1.82) is 0 Å². The molecule has 1 aliphatic carbocycles. The number of carbonyl (C=O) groups is 1. The van der Waals surface area contributed by atoms with E-state index in [1.807, 2.05) is 0 Å². The second-order valence-electron chi connectivity index (χ2n) is 4.00. The molecule has 1 aromatic carbocycles. The summed E-state index contributed by atoms with van der Waals surface area (Å²) >= 11 is 0. The average Bonchev–Trinajstić information content (AvgIpc) is 3.10. The molecule has 2 rings (SSSR count). The van der Waals surface area contributed by atoms with Crippen molar-refractivity contribution in [3.8, 4) is 5.75 Å². The molecule has 90 valence electrons. The molecule has 1 fully saturated rings. The van der Waals surface area contributed by atoms with Gasteiger partial charge in [0.2, 0.25) is 0 Å². The molecule has 0 bridgehead atoms. The summed E-state index contributed by atoms with van der Waals surface area (Å²) in [5.74, 6) is -0.590. The highest BCUT2D eigenvalue weighted by molar-refractivity contribution is 5.96. The summed E-state index contributed by atoms with van der Waals surface area (Å²) in [6.07, 6.45) is 3.87. The van der Waals surface area contributed by atoms with Crippen molar-refractivity contribution >= 4 is 17.9 Å². The summed E-state index contributed by atoms with van der Waals surface area (Å²) in [6.45, 7) is 0. The lowest BCUT2D eigenvalue weighted by Crippen LogP contribution is -2.04. The minimum Gasteiger partial charge on any atom is -0.496 e. The Morgan fingerprint density at radius 1 is 1.59 bits per heavy atom. The van der Waals surface area contributed by atoms with Crippen molar-refractivity contribution in [2.24, 2.45) is 4.99 Å². The fourth-order valence-electron chi connectivity index (χ4n) is 1.48. The van der Waals surface area contributed by atoms with Gasteiger partial charge < -0.3 is 15.6 Å². The number of aromatic carboxylic acids is 1. The zero-order chi connectivity index (χ0) is 12.4. The summed E-state index contributed by atoms with van der Waals surface area (Å²) < 4.78 is 5.14. The van der Waals surface area contributed by atoms with E-state index in [9.17, 15) is 4.79 Å². The Kier molecular flexibility index (Phi) is 2.99. The highest BCUT2D eigenvalue weighted by Gasteiger charge is 2.19. The van der Waals surface area contributed by atoms with Gasteiger partial charge in [-0.2, -0.15) is 0 Å². The molecule has 0 atom stereocenters. The fourth-order valence-corrected chi connectivity index (χ4v) is 1.48. The molecule has 0 radical (unpaired) electrons. The van der Waals surface area contributed by atoms with E-state index >= 15 is 0 Å². The van der Waals surface area contributed by atoms with E-state index in [1.54, 1.807) is 6.21 Å². The van der Waals surface area contributed by atoms with Gasteiger partial charge in [-0.3, -0.25) is 4.99 Å². The number of ether oxygens (including phenoxy) is 1. The standard InChI is InChI=1S/C12H14N2O3/c1-17-11-5-7(12(15)16)4-10(13)9(11)6-14-8-2-3-8/h4-6,8H,2-3,13H2,1H3,(H,15,16). The first-order chi connectivity index (χ1) is 8.11. The van der Waals surface area contributed by atoms with Crippen LogP contribution in [0.2, 0.25) is 0 Å². The van der Waals surface area contributed by atoms with Crippen LogP contribution in [0.4, 0.5) is 5.69 Å². The molecule has 3 N–H and O–H groups in total. The number of carboxylic acid groups (broad SMARTS) is 1. The smallest absolute Gasteiger partial charge is 0.335 e. The Hall–Kier alpha value is -2.04. The van der Waals surface area contributed by atoms with Crippen LogP contribution >= 0.6 is 0 Å². The van der Waals surface area contributed by atoms with Gasteiger partial charge in [0, 0.05) is 11.9 Å². The van der Waals surface area contributed by atoms with E-state index in [0.717, 1.165) is 12.8 Å². The highest BCUT2D eigenvalue weighted by atomic mass is 16.5. The van der Waals surface area contributed by atoms with Crippen molar-refractivity contribution < 1.29 is 14.6 Å². The highest BCUT2D eigenvalue weighted by Crippen LogP contribution is 2.28. The van der Waals surface area contributed by atoms with E-state index in [0.29, 0.717) is 23.0 Å². The maximum atomic E-state index is 10.9. The maximum Gasteiger partial charge on any atom is 0.335 e. The lowest BCUT2D eigenvalue weighted by molar-refractivity contribution is 0.0696. The second kappa shape index (κ2) is 4.45. The SMILES string of the molecule is COc1cc(C(=O)O)cc(N)c1C=NC1CC1. The van der Waals surface area contributed by atoms with Crippen LogP contribution in [0.1, 0.15) is 28.8 Å². The molecule has 17 heavy (non-hydrogen) atoms. The molecular weight excluding hydrogens is 220 g/mol. The van der Waals surface area contributed by atoms with Gasteiger partial charge in [-0.1, -0.05) is 0 Å².